The highest BCUT2D eigenvalue weighted by Crippen LogP contribution is 2.40. The van der Waals surface area contributed by atoms with E-state index < -0.39 is 0 Å². The number of hydrogen-bond donors (Lipinski definition) is 1. The van der Waals surface area contributed by atoms with Gasteiger partial charge < -0.3 is 5.32 Å². The molecule has 2 fully saturated rings. The van der Waals surface area contributed by atoms with Crippen LogP contribution in [-0.2, 0) is 0 Å². The molecule has 4 atom stereocenters. The first-order chi connectivity index (χ1) is 9.74. The lowest BCUT2D eigenvalue weighted by Crippen LogP contribution is -2.37. The van der Waals surface area contributed by atoms with Crippen molar-refractivity contribution in [2.24, 2.45) is 11.8 Å². The lowest BCUT2D eigenvalue weighted by atomic mass is 9.92. The van der Waals surface area contributed by atoms with Gasteiger partial charge in [0.25, 0.3) is 0 Å². The molecule has 0 bridgehead atoms. The molecule has 2 saturated heterocycles. The molecule has 110 valence electrons. The highest BCUT2D eigenvalue weighted by atomic mass is 19.1. The molecular weight excluding hydrogens is 251 g/mol. The van der Waals surface area contributed by atoms with Gasteiger partial charge in [0, 0.05) is 18.6 Å². The van der Waals surface area contributed by atoms with E-state index in [0.717, 1.165) is 24.8 Å². The van der Waals surface area contributed by atoms with Crippen molar-refractivity contribution in [2.45, 2.75) is 38.8 Å². The third-order valence-electron chi connectivity index (χ3n) is 5.22. The zero-order valence-corrected chi connectivity index (χ0v) is 12.5. The molecule has 0 aliphatic carbocycles. The van der Waals surface area contributed by atoms with Crippen molar-refractivity contribution in [1.29, 1.82) is 0 Å². The number of halogens is 1. The van der Waals surface area contributed by atoms with Gasteiger partial charge in [0.2, 0.25) is 0 Å². The van der Waals surface area contributed by atoms with E-state index in [1.807, 2.05) is 12.1 Å². The van der Waals surface area contributed by atoms with Crippen molar-refractivity contribution in [3.8, 4) is 0 Å². The number of likely N-dealkylation sites (tertiary alicyclic amines) is 1. The summed E-state index contributed by atoms with van der Waals surface area (Å²) in [5, 5.41) is 3.54. The molecule has 1 N–H and O–H groups in total. The number of benzene rings is 1. The Bertz CT molecular complexity index is 445. The molecular formula is C17H25FN2. The Labute approximate surface area is 121 Å². The van der Waals surface area contributed by atoms with Crippen molar-refractivity contribution < 1.29 is 4.39 Å². The third-order valence-corrected chi connectivity index (χ3v) is 5.22. The Morgan fingerprint density at radius 3 is 2.65 bits per heavy atom. The minimum atomic E-state index is -0.141. The smallest absolute Gasteiger partial charge is 0.123 e. The van der Waals surface area contributed by atoms with Gasteiger partial charge in [0.15, 0.2) is 0 Å². The Morgan fingerprint density at radius 1 is 1.25 bits per heavy atom. The number of fused-ring (bicyclic) bond motifs is 1. The van der Waals surface area contributed by atoms with E-state index >= 15 is 0 Å². The number of rotatable bonds is 4. The Kier molecular flexibility index (Phi) is 4.08. The molecule has 20 heavy (non-hydrogen) atoms. The van der Waals surface area contributed by atoms with Crippen LogP contribution in [0.25, 0.3) is 0 Å². The van der Waals surface area contributed by atoms with E-state index in [1.165, 1.54) is 25.1 Å². The van der Waals surface area contributed by atoms with Gasteiger partial charge >= 0.3 is 0 Å². The first-order valence-electron chi connectivity index (χ1n) is 7.96. The van der Waals surface area contributed by atoms with E-state index in [-0.39, 0.29) is 5.82 Å². The first-order valence-corrected chi connectivity index (χ1v) is 7.96. The van der Waals surface area contributed by atoms with Crippen molar-refractivity contribution in [3.05, 3.63) is 35.6 Å². The van der Waals surface area contributed by atoms with Crippen LogP contribution in [0.2, 0.25) is 0 Å². The molecule has 1 aromatic carbocycles. The van der Waals surface area contributed by atoms with Gasteiger partial charge in [-0.1, -0.05) is 26.0 Å². The summed E-state index contributed by atoms with van der Waals surface area (Å²) in [5.41, 5.74) is 1.26. The molecule has 3 rings (SSSR count). The van der Waals surface area contributed by atoms with Gasteiger partial charge in [-0.2, -0.15) is 0 Å². The monoisotopic (exact) mass is 276 g/mol. The van der Waals surface area contributed by atoms with Gasteiger partial charge in [-0.05, 0) is 55.5 Å². The summed E-state index contributed by atoms with van der Waals surface area (Å²) >= 11 is 0. The number of hydrogen-bond acceptors (Lipinski definition) is 2. The SMILES string of the molecule is CCC(c1ccc(F)cc1)N1CC2CNCC2C1CC. The summed E-state index contributed by atoms with van der Waals surface area (Å²) in [4.78, 5) is 2.68. The second kappa shape index (κ2) is 5.82. The van der Waals surface area contributed by atoms with Crippen LogP contribution in [-0.4, -0.2) is 30.6 Å². The lowest BCUT2D eigenvalue weighted by Gasteiger charge is -2.34. The summed E-state index contributed by atoms with van der Waals surface area (Å²) in [6, 6.07) is 8.22. The van der Waals surface area contributed by atoms with Crippen LogP contribution in [0.4, 0.5) is 4.39 Å². The molecule has 3 heteroatoms. The second-order valence-corrected chi connectivity index (χ2v) is 6.23. The molecule has 2 nitrogen and oxygen atoms in total. The molecule has 0 radical (unpaired) electrons. The third kappa shape index (κ3) is 2.38. The second-order valence-electron chi connectivity index (χ2n) is 6.23. The Morgan fingerprint density at radius 2 is 2.00 bits per heavy atom. The van der Waals surface area contributed by atoms with Crippen molar-refractivity contribution in [2.75, 3.05) is 19.6 Å². The molecule has 0 spiro atoms. The summed E-state index contributed by atoms with van der Waals surface area (Å²) in [6.45, 7) is 8.06. The zero-order chi connectivity index (χ0) is 14.1. The molecule has 4 unspecified atom stereocenters. The average Bonchev–Trinajstić information content (AvgIpc) is 3.02. The van der Waals surface area contributed by atoms with Gasteiger partial charge in [-0.15, -0.1) is 0 Å². The summed E-state index contributed by atoms with van der Waals surface area (Å²) in [6.07, 6.45) is 2.30. The van der Waals surface area contributed by atoms with Gasteiger partial charge in [0.1, 0.15) is 5.82 Å². The van der Waals surface area contributed by atoms with E-state index in [1.54, 1.807) is 12.1 Å². The molecule has 0 aromatic heterocycles. The van der Waals surface area contributed by atoms with Crippen LogP contribution in [0.3, 0.4) is 0 Å². The topological polar surface area (TPSA) is 15.3 Å². The Hall–Kier alpha value is -0.930. The van der Waals surface area contributed by atoms with E-state index in [2.05, 4.69) is 24.1 Å². The van der Waals surface area contributed by atoms with E-state index in [0.29, 0.717) is 12.1 Å². The maximum Gasteiger partial charge on any atom is 0.123 e. The lowest BCUT2D eigenvalue weighted by molar-refractivity contribution is 0.150. The summed E-state index contributed by atoms with van der Waals surface area (Å²) < 4.78 is 13.1. The van der Waals surface area contributed by atoms with Crippen molar-refractivity contribution in [1.82, 2.24) is 10.2 Å². The van der Waals surface area contributed by atoms with Crippen LogP contribution in [0, 0.1) is 17.7 Å². The summed E-state index contributed by atoms with van der Waals surface area (Å²) in [7, 11) is 0. The highest BCUT2D eigenvalue weighted by molar-refractivity contribution is 5.21. The fourth-order valence-electron chi connectivity index (χ4n) is 4.30. The maximum atomic E-state index is 13.1. The van der Waals surface area contributed by atoms with E-state index in [9.17, 15) is 4.39 Å². The van der Waals surface area contributed by atoms with Gasteiger partial charge in [0.05, 0.1) is 0 Å². The van der Waals surface area contributed by atoms with Crippen LogP contribution in [0.1, 0.15) is 38.3 Å². The van der Waals surface area contributed by atoms with Crippen LogP contribution in [0.15, 0.2) is 24.3 Å². The highest BCUT2D eigenvalue weighted by Gasteiger charge is 2.45. The zero-order valence-electron chi connectivity index (χ0n) is 12.5. The molecule has 0 saturated carbocycles. The van der Waals surface area contributed by atoms with Crippen molar-refractivity contribution in [3.63, 3.8) is 0 Å². The largest absolute Gasteiger partial charge is 0.316 e. The summed E-state index contributed by atoms with van der Waals surface area (Å²) in [5.74, 6) is 1.46. The normalized spacial score (nSPS) is 31.4. The number of nitrogens with zero attached hydrogens (tertiary/aromatic N) is 1. The fourth-order valence-corrected chi connectivity index (χ4v) is 4.30. The minimum Gasteiger partial charge on any atom is -0.316 e. The quantitative estimate of drug-likeness (QED) is 0.908. The molecule has 0 amide bonds. The first kappa shape index (κ1) is 14.0. The number of nitrogens with one attached hydrogen (secondary N) is 1. The average molecular weight is 276 g/mol. The van der Waals surface area contributed by atoms with Crippen LogP contribution < -0.4 is 5.32 Å². The molecule has 2 heterocycles. The fraction of sp³-hybridized carbons (Fsp3) is 0.647. The molecule has 2 aliphatic heterocycles. The predicted octanol–water partition coefficient (Wildman–Crippen LogP) is 3.21. The van der Waals surface area contributed by atoms with E-state index in [4.69, 9.17) is 0 Å². The minimum absolute atomic E-state index is 0.141. The standard InChI is InChI=1S/C17H25FN2/c1-3-16(12-5-7-14(18)8-6-12)20-11-13-9-19-10-15(13)17(20)4-2/h5-8,13,15-17,19H,3-4,9-11H2,1-2H3. The molecule has 2 aliphatic rings. The maximum absolute atomic E-state index is 13.1. The van der Waals surface area contributed by atoms with Gasteiger partial charge in [-0.3, -0.25) is 4.90 Å². The van der Waals surface area contributed by atoms with Gasteiger partial charge in [-0.25, -0.2) is 4.39 Å². The predicted molar refractivity (Wildman–Crippen MR) is 80.1 cm³/mol. The Balaban J connectivity index is 1.83. The molecule has 1 aromatic rings. The van der Waals surface area contributed by atoms with Crippen LogP contribution in [0.5, 0.6) is 0 Å². The van der Waals surface area contributed by atoms with Crippen LogP contribution >= 0.6 is 0 Å². The van der Waals surface area contributed by atoms with Crippen molar-refractivity contribution >= 4 is 0 Å².